The van der Waals surface area contributed by atoms with Crippen LogP contribution < -0.4 is 14.9 Å². The minimum absolute atomic E-state index is 0.559. The Morgan fingerprint density at radius 2 is 2.09 bits per heavy atom. The Morgan fingerprint density at radius 1 is 1.30 bits per heavy atom. The summed E-state index contributed by atoms with van der Waals surface area (Å²) in [6.07, 6.45) is 1.71. The third-order valence-electron chi connectivity index (χ3n) is 3.11. The molecule has 0 fully saturated rings. The molecule has 2 rings (SSSR count). The van der Waals surface area contributed by atoms with Gasteiger partial charge in [0.25, 0.3) is 0 Å². The Hall–Kier alpha value is -1.72. The average Bonchev–Trinajstić information content (AvgIpc) is 2.51. The van der Waals surface area contributed by atoms with Crippen molar-refractivity contribution in [2.24, 2.45) is 5.10 Å². The number of hydrogen-bond acceptors (Lipinski definition) is 4. The Balaban J connectivity index is 2.17. The van der Waals surface area contributed by atoms with Crippen molar-refractivity contribution >= 4 is 39.4 Å². The van der Waals surface area contributed by atoms with Gasteiger partial charge in [-0.1, -0.05) is 17.7 Å². The number of anilines is 1. The van der Waals surface area contributed by atoms with E-state index in [0.717, 1.165) is 21.3 Å². The van der Waals surface area contributed by atoms with Gasteiger partial charge in [-0.2, -0.15) is 5.10 Å². The van der Waals surface area contributed by atoms with Gasteiger partial charge in [0, 0.05) is 5.02 Å². The molecule has 6 heteroatoms. The number of methoxy groups -OCH3 is 1. The smallest absolute Gasteiger partial charge is 0.174 e. The van der Waals surface area contributed by atoms with Crippen molar-refractivity contribution in [3.8, 4) is 11.5 Å². The third kappa shape index (κ3) is 4.62. The number of hydrazone groups is 1. The highest BCUT2D eigenvalue weighted by Gasteiger charge is 2.10. The number of halogens is 2. The molecule has 0 aliphatic rings. The van der Waals surface area contributed by atoms with Crippen LogP contribution in [0.25, 0.3) is 0 Å². The van der Waals surface area contributed by atoms with Gasteiger partial charge < -0.3 is 9.47 Å². The second-order valence-electron chi connectivity index (χ2n) is 4.80. The highest BCUT2D eigenvalue weighted by molar-refractivity contribution is 9.10. The Kier molecular flexibility index (Phi) is 6.30. The summed E-state index contributed by atoms with van der Waals surface area (Å²) < 4.78 is 11.7. The molecule has 0 heterocycles. The van der Waals surface area contributed by atoms with Crippen LogP contribution in [0.5, 0.6) is 11.5 Å². The summed E-state index contributed by atoms with van der Waals surface area (Å²) in [6.45, 7) is 4.44. The molecular weight excluding hydrogens is 380 g/mol. The molecule has 0 aliphatic heterocycles. The topological polar surface area (TPSA) is 42.8 Å². The molecule has 0 radical (unpaired) electrons. The van der Waals surface area contributed by atoms with E-state index in [1.54, 1.807) is 13.3 Å². The van der Waals surface area contributed by atoms with Crippen LogP contribution in [0, 0.1) is 6.92 Å². The lowest BCUT2D eigenvalue weighted by Gasteiger charge is -2.11. The number of hydrogen-bond donors (Lipinski definition) is 1. The van der Waals surface area contributed by atoms with E-state index in [0.29, 0.717) is 23.1 Å². The maximum Gasteiger partial charge on any atom is 0.174 e. The predicted molar refractivity (Wildman–Crippen MR) is 99.3 cm³/mol. The van der Waals surface area contributed by atoms with Crippen molar-refractivity contribution in [3.05, 3.63) is 51.0 Å². The number of benzene rings is 2. The van der Waals surface area contributed by atoms with Crippen molar-refractivity contribution in [3.63, 3.8) is 0 Å². The predicted octanol–water partition coefficient (Wildman–Crippen LogP) is 5.26. The van der Waals surface area contributed by atoms with Crippen LogP contribution in [0.3, 0.4) is 0 Å². The molecule has 0 spiro atoms. The normalized spacial score (nSPS) is 10.8. The van der Waals surface area contributed by atoms with Gasteiger partial charge in [0.15, 0.2) is 11.5 Å². The molecule has 23 heavy (non-hydrogen) atoms. The second kappa shape index (κ2) is 8.22. The number of aryl methyl sites for hydroxylation is 1. The lowest BCUT2D eigenvalue weighted by Crippen LogP contribution is -1.98. The first kappa shape index (κ1) is 17.6. The van der Waals surface area contributed by atoms with Crippen LogP contribution in [0.2, 0.25) is 5.02 Å². The molecule has 0 unspecified atom stereocenters. The van der Waals surface area contributed by atoms with Gasteiger partial charge in [-0.25, -0.2) is 0 Å². The summed E-state index contributed by atoms with van der Waals surface area (Å²) in [7, 11) is 1.61. The SMILES string of the molecule is CCOc1cc(/C=N/Nc2ccc(C)c(Cl)c2)cc(Br)c1OC. The quantitative estimate of drug-likeness (QED) is 0.534. The molecule has 2 aromatic rings. The number of rotatable bonds is 6. The van der Waals surface area contributed by atoms with Gasteiger partial charge in [0.2, 0.25) is 0 Å². The van der Waals surface area contributed by atoms with Crippen LogP contribution in [0.1, 0.15) is 18.1 Å². The van der Waals surface area contributed by atoms with Crippen molar-refractivity contribution in [2.45, 2.75) is 13.8 Å². The largest absolute Gasteiger partial charge is 0.492 e. The van der Waals surface area contributed by atoms with E-state index in [4.69, 9.17) is 21.1 Å². The zero-order chi connectivity index (χ0) is 16.8. The minimum Gasteiger partial charge on any atom is -0.492 e. The van der Waals surface area contributed by atoms with Gasteiger partial charge >= 0.3 is 0 Å². The summed E-state index contributed by atoms with van der Waals surface area (Å²) in [6, 6.07) is 9.49. The molecule has 0 amide bonds. The minimum atomic E-state index is 0.559. The lowest BCUT2D eigenvalue weighted by molar-refractivity contribution is 0.310. The van der Waals surface area contributed by atoms with Crippen LogP contribution in [0.4, 0.5) is 5.69 Å². The first-order chi connectivity index (χ1) is 11.0. The fourth-order valence-electron chi connectivity index (χ4n) is 1.97. The molecule has 0 saturated heterocycles. The molecular formula is C17H18BrClN2O2. The maximum absolute atomic E-state index is 6.09. The van der Waals surface area contributed by atoms with Crippen molar-refractivity contribution in [1.29, 1.82) is 0 Å². The van der Waals surface area contributed by atoms with Gasteiger partial charge in [0.1, 0.15) is 0 Å². The maximum atomic E-state index is 6.09. The second-order valence-corrected chi connectivity index (χ2v) is 6.06. The van der Waals surface area contributed by atoms with Crippen LogP contribution in [-0.4, -0.2) is 19.9 Å². The third-order valence-corrected chi connectivity index (χ3v) is 4.11. The number of nitrogens with zero attached hydrogens (tertiary/aromatic N) is 1. The molecule has 0 saturated carbocycles. The zero-order valence-corrected chi connectivity index (χ0v) is 15.5. The Morgan fingerprint density at radius 3 is 2.74 bits per heavy atom. The molecule has 0 atom stereocenters. The first-order valence-electron chi connectivity index (χ1n) is 7.10. The van der Waals surface area contributed by atoms with Crippen molar-refractivity contribution in [1.82, 2.24) is 0 Å². The summed E-state index contributed by atoms with van der Waals surface area (Å²) >= 11 is 9.57. The molecule has 122 valence electrons. The summed E-state index contributed by atoms with van der Waals surface area (Å²) in [4.78, 5) is 0. The van der Waals surface area contributed by atoms with Crippen LogP contribution >= 0.6 is 27.5 Å². The standard InChI is InChI=1S/C17H18BrClN2O2/c1-4-23-16-8-12(7-14(18)17(16)22-3)10-20-21-13-6-5-11(2)15(19)9-13/h5-10,21H,4H2,1-3H3/b20-10+. The molecule has 0 aromatic heterocycles. The number of nitrogens with one attached hydrogen (secondary N) is 1. The van der Waals surface area contributed by atoms with E-state index in [-0.39, 0.29) is 0 Å². The fourth-order valence-corrected chi connectivity index (χ4v) is 2.77. The van der Waals surface area contributed by atoms with Crippen molar-refractivity contribution < 1.29 is 9.47 Å². The van der Waals surface area contributed by atoms with E-state index >= 15 is 0 Å². The van der Waals surface area contributed by atoms with Crippen LogP contribution in [-0.2, 0) is 0 Å². The molecule has 1 N–H and O–H groups in total. The highest BCUT2D eigenvalue weighted by Crippen LogP contribution is 2.36. The van der Waals surface area contributed by atoms with E-state index in [9.17, 15) is 0 Å². The average molecular weight is 398 g/mol. The highest BCUT2D eigenvalue weighted by atomic mass is 79.9. The Labute approximate surface area is 149 Å². The molecule has 0 aliphatic carbocycles. The van der Waals surface area contributed by atoms with Gasteiger partial charge in [0.05, 0.1) is 30.1 Å². The molecule has 4 nitrogen and oxygen atoms in total. The summed E-state index contributed by atoms with van der Waals surface area (Å²) in [5.41, 5.74) is 5.70. The van der Waals surface area contributed by atoms with Gasteiger partial charge in [-0.3, -0.25) is 5.43 Å². The first-order valence-corrected chi connectivity index (χ1v) is 8.27. The van der Waals surface area contributed by atoms with Crippen molar-refractivity contribution in [2.75, 3.05) is 19.1 Å². The van der Waals surface area contributed by atoms with E-state index in [1.165, 1.54) is 0 Å². The molecule has 2 aromatic carbocycles. The lowest BCUT2D eigenvalue weighted by atomic mass is 10.2. The zero-order valence-electron chi connectivity index (χ0n) is 13.2. The Bertz CT molecular complexity index is 720. The monoisotopic (exact) mass is 396 g/mol. The fraction of sp³-hybridized carbons (Fsp3) is 0.235. The molecule has 0 bridgehead atoms. The van der Waals surface area contributed by atoms with E-state index in [1.807, 2.05) is 44.2 Å². The number of ether oxygens (including phenoxy) is 2. The van der Waals surface area contributed by atoms with Gasteiger partial charge in [-0.05, 0) is 65.2 Å². The van der Waals surface area contributed by atoms with E-state index in [2.05, 4.69) is 26.5 Å². The van der Waals surface area contributed by atoms with E-state index < -0.39 is 0 Å². The van der Waals surface area contributed by atoms with Gasteiger partial charge in [-0.15, -0.1) is 0 Å². The van der Waals surface area contributed by atoms with Crippen LogP contribution in [0.15, 0.2) is 39.9 Å². The summed E-state index contributed by atoms with van der Waals surface area (Å²) in [5, 5.41) is 4.93. The summed E-state index contributed by atoms with van der Waals surface area (Å²) in [5.74, 6) is 1.34.